The maximum absolute atomic E-state index is 14.0. The normalized spacial score (nSPS) is 14.5. The molecule has 0 fully saturated rings. The summed E-state index contributed by atoms with van der Waals surface area (Å²) in [5, 5.41) is 12.2. The van der Waals surface area contributed by atoms with Crippen LogP contribution in [0.2, 0.25) is 0 Å². The molecular weight excluding hydrogens is 449 g/mol. The maximum atomic E-state index is 14.0. The number of carbonyl (C=O) groups excluding carboxylic acids is 1. The molecule has 0 saturated carbocycles. The van der Waals surface area contributed by atoms with Crippen LogP contribution in [-0.2, 0) is 14.8 Å². The first-order valence-electron chi connectivity index (χ1n) is 10.6. The average molecular weight is 482 g/mol. The number of para-hydroxylation sites is 1. The van der Waals surface area contributed by atoms with Gasteiger partial charge >= 0.3 is 6.03 Å². The fourth-order valence-corrected chi connectivity index (χ4v) is 4.55. The highest BCUT2D eigenvalue weighted by Gasteiger charge is 2.30. The zero-order valence-corrected chi connectivity index (χ0v) is 20.1. The molecule has 0 heterocycles. The number of sulfonamides is 1. The number of anilines is 1. The Bertz CT molecular complexity index is 1010. The van der Waals surface area contributed by atoms with E-state index >= 15 is 0 Å². The Morgan fingerprint density at radius 3 is 2.27 bits per heavy atom. The zero-order valence-electron chi connectivity index (χ0n) is 19.3. The molecule has 2 rings (SSSR count). The molecule has 182 valence electrons. The van der Waals surface area contributed by atoms with Crippen LogP contribution in [0.4, 0.5) is 14.9 Å². The first-order chi connectivity index (χ1) is 15.6. The Morgan fingerprint density at radius 2 is 1.70 bits per heavy atom. The van der Waals surface area contributed by atoms with E-state index in [4.69, 9.17) is 4.74 Å². The van der Waals surface area contributed by atoms with Crippen LogP contribution in [0.25, 0.3) is 0 Å². The van der Waals surface area contributed by atoms with Gasteiger partial charge in [0.05, 0.1) is 29.3 Å². The number of aliphatic hydroxyl groups excluding tert-OH is 1. The van der Waals surface area contributed by atoms with Crippen molar-refractivity contribution in [1.82, 2.24) is 9.21 Å². The largest absolute Gasteiger partial charge is 0.394 e. The van der Waals surface area contributed by atoms with Gasteiger partial charge in [0.15, 0.2) is 0 Å². The summed E-state index contributed by atoms with van der Waals surface area (Å²) in [5.74, 6) is -0.873. The Kier molecular flexibility index (Phi) is 9.78. The first-order valence-corrected chi connectivity index (χ1v) is 12.0. The van der Waals surface area contributed by atoms with Gasteiger partial charge in [0.1, 0.15) is 5.82 Å². The summed E-state index contributed by atoms with van der Waals surface area (Å²) in [6.45, 7) is 3.41. The van der Waals surface area contributed by atoms with Gasteiger partial charge in [-0.1, -0.05) is 37.3 Å². The second-order valence-electron chi connectivity index (χ2n) is 7.94. The quantitative estimate of drug-likeness (QED) is 0.514. The van der Waals surface area contributed by atoms with Crippen LogP contribution in [0.15, 0.2) is 59.5 Å². The van der Waals surface area contributed by atoms with Crippen LogP contribution >= 0.6 is 0 Å². The highest BCUT2D eigenvalue weighted by Crippen LogP contribution is 2.19. The minimum atomic E-state index is -3.71. The van der Waals surface area contributed by atoms with Crippen molar-refractivity contribution in [3.8, 4) is 0 Å². The lowest BCUT2D eigenvalue weighted by Crippen LogP contribution is -2.49. The van der Waals surface area contributed by atoms with Crippen molar-refractivity contribution in [1.29, 1.82) is 0 Å². The number of hydrogen-bond donors (Lipinski definition) is 2. The monoisotopic (exact) mass is 481 g/mol. The summed E-state index contributed by atoms with van der Waals surface area (Å²) in [5.41, 5.74) is 0.0299. The highest BCUT2D eigenvalue weighted by molar-refractivity contribution is 7.89. The third-order valence-corrected chi connectivity index (χ3v) is 7.32. The molecule has 0 saturated heterocycles. The molecule has 3 atom stereocenters. The van der Waals surface area contributed by atoms with E-state index in [0.717, 1.165) is 0 Å². The highest BCUT2D eigenvalue weighted by atomic mass is 32.2. The van der Waals surface area contributed by atoms with Crippen molar-refractivity contribution in [2.75, 3.05) is 39.2 Å². The van der Waals surface area contributed by atoms with Crippen molar-refractivity contribution < 1.29 is 27.4 Å². The van der Waals surface area contributed by atoms with Crippen LogP contribution in [0, 0.1) is 11.7 Å². The molecule has 0 unspecified atom stereocenters. The summed E-state index contributed by atoms with van der Waals surface area (Å²) in [6, 6.07) is 12.8. The zero-order chi connectivity index (χ0) is 24.6. The van der Waals surface area contributed by atoms with Crippen LogP contribution in [-0.4, -0.2) is 74.8 Å². The number of hydrogen-bond acceptors (Lipinski definition) is 5. The molecule has 0 aliphatic heterocycles. The molecule has 0 spiro atoms. The Morgan fingerprint density at radius 1 is 1.09 bits per heavy atom. The van der Waals surface area contributed by atoms with Crippen molar-refractivity contribution >= 4 is 21.7 Å². The van der Waals surface area contributed by atoms with Crippen molar-refractivity contribution in [2.24, 2.45) is 5.92 Å². The number of nitrogens with one attached hydrogen (secondary N) is 1. The molecule has 2 amide bonds. The minimum absolute atomic E-state index is 0.0299. The predicted molar refractivity (Wildman–Crippen MR) is 125 cm³/mol. The lowest BCUT2D eigenvalue weighted by molar-refractivity contribution is 0.0305. The topological polar surface area (TPSA) is 99.2 Å². The van der Waals surface area contributed by atoms with Crippen LogP contribution in [0.1, 0.15) is 13.8 Å². The van der Waals surface area contributed by atoms with Gasteiger partial charge in [-0.3, -0.25) is 0 Å². The van der Waals surface area contributed by atoms with E-state index in [-0.39, 0.29) is 36.2 Å². The van der Waals surface area contributed by atoms with Gasteiger partial charge in [0, 0.05) is 33.2 Å². The van der Waals surface area contributed by atoms with E-state index in [0.29, 0.717) is 0 Å². The van der Waals surface area contributed by atoms with Gasteiger partial charge in [-0.25, -0.2) is 17.6 Å². The average Bonchev–Trinajstić information content (AvgIpc) is 2.81. The standard InChI is InChI=1S/C23H32FN3O5S/c1-17(22(32-4)15-26(3)33(30,31)19-10-6-5-7-11-19)14-27(18(2)16-28)23(29)25-21-13-9-8-12-20(21)24/h5-13,17-18,22,28H,14-16H2,1-4H3,(H,25,29)/t17-,18+,22+/m1/s1. The number of carbonyl (C=O) groups is 1. The molecule has 0 aliphatic rings. The van der Waals surface area contributed by atoms with E-state index in [1.54, 1.807) is 31.2 Å². The van der Waals surface area contributed by atoms with E-state index in [1.807, 2.05) is 6.92 Å². The second kappa shape index (κ2) is 12.1. The fraction of sp³-hybridized carbons (Fsp3) is 0.435. The number of halogens is 1. The number of nitrogens with zero attached hydrogens (tertiary/aromatic N) is 2. The number of amides is 2. The van der Waals surface area contributed by atoms with Gasteiger partial charge in [0.25, 0.3) is 0 Å². The van der Waals surface area contributed by atoms with Crippen molar-refractivity contribution in [3.63, 3.8) is 0 Å². The summed E-state index contributed by atoms with van der Waals surface area (Å²) < 4.78 is 46.5. The SMILES string of the molecule is CO[C@@H](CN(C)S(=O)(=O)c1ccccc1)[C@H](C)CN(C(=O)Nc1ccccc1F)[C@@H](C)CO. The molecule has 33 heavy (non-hydrogen) atoms. The molecule has 0 aromatic heterocycles. The van der Waals surface area contributed by atoms with E-state index in [9.17, 15) is 22.7 Å². The Labute approximate surface area is 195 Å². The Hall–Kier alpha value is -2.53. The third kappa shape index (κ3) is 6.97. The van der Waals surface area contributed by atoms with Gasteiger partial charge in [0.2, 0.25) is 10.0 Å². The third-order valence-electron chi connectivity index (χ3n) is 5.48. The van der Waals surface area contributed by atoms with Gasteiger partial charge in [-0.15, -0.1) is 0 Å². The number of methoxy groups -OCH3 is 1. The molecule has 2 N–H and O–H groups in total. The summed E-state index contributed by atoms with van der Waals surface area (Å²) in [4.78, 5) is 14.4. The molecule has 10 heteroatoms. The van der Waals surface area contributed by atoms with Gasteiger partial charge in [-0.2, -0.15) is 4.31 Å². The van der Waals surface area contributed by atoms with Gasteiger partial charge in [-0.05, 0) is 31.2 Å². The summed E-state index contributed by atoms with van der Waals surface area (Å²) in [7, 11) is -0.762. The molecule has 0 radical (unpaired) electrons. The van der Waals surface area contributed by atoms with Gasteiger partial charge < -0.3 is 20.1 Å². The number of likely N-dealkylation sites (N-methyl/N-ethyl adjacent to an activating group) is 1. The molecule has 8 nitrogen and oxygen atoms in total. The molecule has 2 aromatic rings. The fourth-order valence-electron chi connectivity index (χ4n) is 3.35. The molecular formula is C23H32FN3O5S. The van der Waals surface area contributed by atoms with E-state index in [2.05, 4.69) is 5.32 Å². The predicted octanol–water partition coefficient (Wildman–Crippen LogP) is 3.01. The molecule has 0 bridgehead atoms. The van der Waals surface area contributed by atoms with Crippen molar-refractivity contribution in [3.05, 3.63) is 60.4 Å². The summed E-state index contributed by atoms with van der Waals surface area (Å²) >= 11 is 0. The number of rotatable bonds is 11. The molecule has 2 aromatic carbocycles. The van der Waals surface area contributed by atoms with Crippen LogP contribution in [0.3, 0.4) is 0 Å². The lowest BCUT2D eigenvalue weighted by Gasteiger charge is -2.34. The van der Waals surface area contributed by atoms with Crippen LogP contribution in [0.5, 0.6) is 0 Å². The second-order valence-corrected chi connectivity index (χ2v) is 9.99. The number of aliphatic hydroxyl groups is 1. The maximum Gasteiger partial charge on any atom is 0.322 e. The van der Waals surface area contributed by atoms with Crippen molar-refractivity contribution in [2.45, 2.75) is 30.9 Å². The lowest BCUT2D eigenvalue weighted by atomic mass is 10.0. The smallest absolute Gasteiger partial charge is 0.322 e. The van der Waals surface area contributed by atoms with Crippen LogP contribution < -0.4 is 5.32 Å². The summed E-state index contributed by atoms with van der Waals surface area (Å²) in [6.07, 6.45) is -0.539. The van der Waals surface area contributed by atoms with E-state index < -0.39 is 34.0 Å². The first kappa shape index (κ1) is 26.7. The molecule has 0 aliphatic carbocycles. The minimum Gasteiger partial charge on any atom is -0.394 e. The Balaban J connectivity index is 2.13. The van der Waals surface area contributed by atoms with E-state index in [1.165, 1.54) is 53.7 Å². The number of ether oxygens (including phenoxy) is 1. The number of urea groups is 1. The number of benzene rings is 2.